The topological polar surface area (TPSA) is 106 Å². The third-order valence-corrected chi connectivity index (χ3v) is 7.15. The van der Waals surface area contributed by atoms with Gasteiger partial charge in [0.1, 0.15) is 22.2 Å². The van der Waals surface area contributed by atoms with Crippen molar-refractivity contribution in [2.24, 2.45) is 0 Å². The summed E-state index contributed by atoms with van der Waals surface area (Å²) in [6.45, 7) is 0. The number of nitrogens with one attached hydrogen (secondary N) is 2. The summed E-state index contributed by atoms with van der Waals surface area (Å²) in [5.74, 6) is -0.877. The van der Waals surface area contributed by atoms with Crippen LogP contribution in [-0.2, 0) is 10.0 Å². The van der Waals surface area contributed by atoms with Crippen molar-refractivity contribution < 1.29 is 26.7 Å². The Bertz CT molecular complexity index is 1740. The van der Waals surface area contributed by atoms with Crippen molar-refractivity contribution in [3.63, 3.8) is 0 Å². The Labute approximate surface area is 211 Å². The molecule has 5 rings (SSSR count). The van der Waals surface area contributed by atoms with E-state index in [1.54, 1.807) is 32.7 Å². The van der Waals surface area contributed by atoms with Gasteiger partial charge in [-0.05, 0) is 42.0 Å². The number of hydrogen-bond donors (Lipinski definition) is 2. The summed E-state index contributed by atoms with van der Waals surface area (Å²) in [5.41, 5.74) is 3.77. The van der Waals surface area contributed by atoms with E-state index in [2.05, 4.69) is 19.7 Å². The normalized spacial score (nSPS) is 11.5. The summed E-state index contributed by atoms with van der Waals surface area (Å²) >= 11 is 0. The zero-order chi connectivity index (χ0) is 26.2. The molecule has 0 atom stereocenters. The highest BCUT2D eigenvalue weighted by Gasteiger charge is 2.20. The molecule has 0 amide bonds. The number of ether oxygens (including phenoxy) is 2. The molecule has 0 unspecified atom stereocenters. The van der Waals surface area contributed by atoms with Crippen molar-refractivity contribution in [1.82, 2.24) is 15.0 Å². The first-order valence-corrected chi connectivity index (χ1v) is 12.4. The molecular weight excluding hydrogens is 502 g/mol. The molecule has 188 valence electrons. The van der Waals surface area contributed by atoms with Gasteiger partial charge >= 0.3 is 0 Å². The number of sulfonamides is 1. The Morgan fingerprint density at radius 3 is 2.41 bits per heavy atom. The summed E-state index contributed by atoms with van der Waals surface area (Å²) in [6, 6.07) is 11.3. The van der Waals surface area contributed by atoms with E-state index in [9.17, 15) is 17.2 Å². The van der Waals surface area contributed by atoms with Gasteiger partial charge in [-0.2, -0.15) is 0 Å². The maximum absolute atomic E-state index is 14.1. The third-order valence-electron chi connectivity index (χ3n) is 5.73. The van der Waals surface area contributed by atoms with Gasteiger partial charge in [0.25, 0.3) is 10.0 Å². The van der Waals surface area contributed by atoms with Crippen LogP contribution in [0.5, 0.6) is 11.5 Å². The molecule has 5 aromatic rings. The quantitative estimate of drug-likeness (QED) is 0.297. The number of hydrogen-bond acceptors (Lipinski definition) is 6. The highest BCUT2D eigenvalue weighted by molar-refractivity contribution is 7.92. The number of fused-ring (bicyclic) bond motifs is 1. The van der Waals surface area contributed by atoms with Gasteiger partial charge in [0, 0.05) is 46.7 Å². The molecule has 0 radical (unpaired) electrons. The average molecular weight is 523 g/mol. The number of aromatic nitrogens is 3. The van der Waals surface area contributed by atoms with Gasteiger partial charge in [-0.1, -0.05) is 6.07 Å². The van der Waals surface area contributed by atoms with Crippen LogP contribution in [0.15, 0.2) is 78.2 Å². The molecule has 3 aromatic heterocycles. The highest BCUT2D eigenvalue weighted by atomic mass is 32.2. The second kappa shape index (κ2) is 9.51. The molecule has 0 aliphatic rings. The Hall–Kier alpha value is -4.51. The number of halogens is 2. The van der Waals surface area contributed by atoms with Crippen LogP contribution in [0.25, 0.3) is 33.3 Å². The molecule has 0 bridgehead atoms. The molecule has 0 saturated carbocycles. The van der Waals surface area contributed by atoms with Crippen LogP contribution in [0.3, 0.4) is 0 Å². The predicted molar refractivity (Wildman–Crippen MR) is 135 cm³/mol. The van der Waals surface area contributed by atoms with Crippen LogP contribution < -0.4 is 14.2 Å². The zero-order valence-corrected chi connectivity index (χ0v) is 20.4. The molecule has 0 fully saturated rings. The van der Waals surface area contributed by atoms with Crippen LogP contribution in [-0.4, -0.2) is 37.6 Å². The van der Waals surface area contributed by atoms with Crippen molar-refractivity contribution in [3.8, 4) is 33.8 Å². The van der Waals surface area contributed by atoms with E-state index < -0.39 is 26.6 Å². The number of methoxy groups -OCH3 is 2. The minimum atomic E-state index is -4.31. The smallest absolute Gasteiger partial charge is 0.264 e. The monoisotopic (exact) mass is 522 g/mol. The number of aromatic amines is 1. The fraction of sp³-hybridized carbons (Fsp3) is 0.0769. The van der Waals surface area contributed by atoms with Gasteiger partial charge in [-0.3, -0.25) is 9.71 Å². The molecule has 0 spiro atoms. The van der Waals surface area contributed by atoms with Crippen molar-refractivity contribution in [2.45, 2.75) is 4.90 Å². The zero-order valence-electron chi connectivity index (χ0n) is 19.6. The van der Waals surface area contributed by atoms with Crippen molar-refractivity contribution >= 4 is 26.7 Å². The van der Waals surface area contributed by atoms with Gasteiger partial charge in [-0.15, -0.1) is 0 Å². The standard InChI is InChI=1S/C26H20F2N4O4S/c1-35-23-5-3-15(9-24(23)36-2)21-14-31-26-20(21)8-17(12-30-26)16-7-19(13-29-11-16)32-37(33,34)25-6-4-18(27)10-22(25)28/h3-14,32H,1-2H3,(H,30,31). The first kappa shape index (κ1) is 24.2. The van der Waals surface area contributed by atoms with Crippen LogP contribution in [0.2, 0.25) is 0 Å². The molecule has 0 aliphatic carbocycles. The van der Waals surface area contributed by atoms with Gasteiger partial charge in [0.2, 0.25) is 0 Å². The fourth-order valence-electron chi connectivity index (χ4n) is 3.96. The molecule has 2 aromatic carbocycles. The Morgan fingerprint density at radius 1 is 0.865 bits per heavy atom. The molecule has 0 saturated heterocycles. The Kier molecular flexibility index (Phi) is 6.22. The van der Waals surface area contributed by atoms with Crippen molar-refractivity contribution in [2.75, 3.05) is 18.9 Å². The number of nitrogens with zero attached hydrogens (tertiary/aromatic N) is 2. The van der Waals surface area contributed by atoms with Crippen LogP contribution >= 0.6 is 0 Å². The minimum Gasteiger partial charge on any atom is -0.493 e. The summed E-state index contributed by atoms with van der Waals surface area (Å²) in [5, 5.41) is 0.823. The van der Waals surface area contributed by atoms with Gasteiger partial charge in [0.15, 0.2) is 11.5 Å². The lowest BCUT2D eigenvalue weighted by atomic mass is 10.0. The van der Waals surface area contributed by atoms with E-state index in [0.29, 0.717) is 34.3 Å². The lowest BCUT2D eigenvalue weighted by Crippen LogP contribution is -2.15. The molecule has 0 aliphatic heterocycles. The molecule has 2 N–H and O–H groups in total. The average Bonchev–Trinajstić information content (AvgIpc) is 3.31. The van der Waals surface area contributed by atoms with Crippen molar-refractivity contribution in [1.29, 1.82) is 0 Å². The van der Waals surface area contributed by atoms with E-state index in [0.717, 1.165) is 28.6 Å². The van der Waals surface area contributed by atoms with Crippen LogP contribution in [0.4, 0.5) is 14.5 Å². The van der Waals surface area contributed by atoms with E-state index in [1.165, 1.54) is 6.20 Å². The first-order valence-electron chi connectivity index (χ1n) is 10.9. The minimum absolute atomic E-state index is 0.107. The molecule has 11 heteroatoms. The molecule has 8 nitrogen and oxygen atoms in total. The number of pyridine rings is 2. The fourth-order valence-corrected chi connectivity index (χ4v) is 5.06. The molecular formula is C26H20F2N4O4S. The number of H-pyrrole nitrogens is 1. The summed E-state index contributed by atoms with van der Waals surface area (Å²) in [7, 11) is -1.18. The summed E-state index contributed by atoms with van der Waals surface area (Å²) < 4.78 is 65.7. The predicted octanol–water partition coefficient (Wildman–Crippen LogP) is 5.39. The maximum atomic E-state index is 14.1. The molecule has 3 heterocycles. The number of anilines is 1. The number of benzene rings is 2. The SMILES string of the molecule is COc1ccc(-c2c[nH]c3ncc(-c4cncc(NS(=O)(=O)c5ccc(F)cc5F)c4)cc23)cc1OC. The van der Waals surface area contributed by atoms with Crippen molar-refractivity contribution in [3.05, 3.63) is 85.0 Å². The summed E-state index contributed by atoms with van der Waals surface area (Å²) in [6.07, 6.45) is 6.32. The van der Waals surface area contributed by atoms with Gasteiger partial charge in [0.05, 0.1) is 26.1 Å². The van der Waals surface area contributed by atoms with E-state index in [-0.39, 0.29) is 5.69 Å². The first-order chi connectivity index (χ1) is 17.8. The molecule has 37 heavy (non-hydrogen) atoms. The van der Waals surface area contributed by atoms with Gasteiger partial charge < -0.3 is 14.5 Å². The van der Waals surface area contributed by atoms with Crippen LogP contribution in [0, 0.1) is 11.6 Å². The van der Waals surface area contributed by atoms with E-state index in [4.69, 9.17) is 9.47 Å². The second-order valence-electron chi connectivity index (χ2n) is 8.03. The van der Waals surface area contributed by atoms with Crippen LogP contribution in [0.1, 0.15) is 0 Å². The lowest BCUT2D eigenvalue weighted by molar-refractivity contribution is 0.355. The van der Waals surface area contributed by atoms with E-state index >= 15 is 0 Å². The van der Waals surface area contributed by atoms with Gasteiger partial charge in [-0.25, -0.2) is 22.2 Å². The van der Waals surface area contributed by atoms with E-state index in [1.807, 2.05) is 30.5 Å². The second-order valence-corrected chi connectivity index (χ2v) is 9.69. The largest absolute Gasteiger partial charge is 0.493 e. The Morgan fingerprint density at radius 2 is 1.65 bits per heavy atom. The third kappa shape index (κ3) is 4.68. The summed E-state index contributed by atoms with van der Waals surface area (Å²) in [4.78, 5) is 11.1. The maximum Gasteiger partial charge on any atom is 0.264 e. The number of rotatable bonds is 7. The highest BCUT2D eigenvalue weighted by Crippen LogP contribution is 2.36. The Balaban J connectivity index is 1.50. The lowest BCUT2D eigenvalue weighted by Gasteiger charge is -2.11.